The molecule has 0 saturated carbocycles. The molecule has 2 rings (SSSR count). The summed E-state index contributed by atoms with van der Waals surface area (Å²) in [7, 11) is 0. The van der Waals surface area contributed by atoms with Crippen LogP contribution < -0.4 is 5.32 Å². The van der Waals surface area contributed by atoms with Crippen LogP contribution in [0.1, 0.15) is 46.5 Å². The van der Waals surface area contributed by atoms with Crippen molar-refractivity contribution in [3.05, 3.63) is 34.8 Å². The zero-order chi connectivity index (χ0) is 17.9. The number of rotatable bonds is 4. The van der Waals surface area contributed by atoms with Crippen molar-refractivity contribution < 1.29 is 9.53 Å². The maximum atomic E-state index is 12.1. The minimum absolute atomic E-state index is 0.148. The van der Waals surface area contributed by atoms with Gasteiger partial charge in [0.1, 0.15) is 17.1 Å². The van der Waals surface area contributed by atoms with Crippen LogP contribution >= 0.6 is 15.9 Å². The fourth-order valence-corrected chi connectivity index (χ4v) is 2.37. The number of aromatic nitrogens is 3. The highest BCUT2D eigenvalue weighted by Crippen LogP contribution is 2.23. The predicted octanol–water partition coefficient (Wildman–Crippen LogP) is 4.46. The fraction of sp³-hybridized carbons (Fsp3) is 0.471. The van der Waals surface area contributed by atoms with Gasteiger partial charge in [0.05, 0.1) is 11.7 Å². The molecule has 0 aliphatic heterocycles. The van der Waals surface area contributed by atoms with Gasteiger partial charge in [-0.3, -0.25) is 4.98 Å². The third-order valence-electron chi connectivity index (χ3n) is 3.22. The number of pyridine rings is 1. The summed E-state index contributed by atoms with van der Waals surface area (Å²) in [6.07, 6.45) is 3.06. The first-order valence-electron chi connectivity index (χ1n) is 7.82. The van der Waals surface area contributed by atoms with E-state index >= 15 is 0 Å². The molecule has 2 aromatic rings. The molecule has 0 aliphatic rings. The monoisotopic (exact) mass is 394 g/mol. The van der Waals surface area contributed by atoms with Gasteiger partial charge in [0.2, 0.25) is 0 Å². The number of imidazole rings is 1. The van der Waals surface area contributed by atoms with Crippen LogP contribution in [0.15, 0.2) is 29.0 Å². The zero-order valence-electron chi connectivity index (χ0n) is 14.6. The van der Waals surface area contributed by atoms with Gasteiger partial charge in [-0.2, -0.15) is 0 Å². The van der Waals surface area contributed by atoms with E-state index in [0.29, 0.717) is 5.82 Å². The van der Waals surface area contributed by atoms with E-state index in [9.17, 15) is 4.79 Å². The molecule has 0 aromatic carbocycles. The van der Waals surface area contributed by atoms with Crippen LogP contribution in [0.3, 0.4) is 0 Å². The van der Waals surface area contributed by atoms with Crippen molar-refractivity contribution in [3.63, 3.8) is 0 Å². The van der Waals surface area contributed by atoms with E-state index < -0.39 is 11.7 Å². The number of aromatic amines is 1. The third-order valence-corrected chi connectivity index (χ3v) is 3.69. The summed E-state index contributed by atoms with van der Waals surface area (Å²) in [6.45, 7) is 9.54. The van der Waals surface area contributed by atoms with Gasteiger partial charge in [-0.25, -0.2) is 9.78 Å². The fourth-order valence-electron chi connectivity index (χ4n) is 2.14. The molecule has 2 aromatic heterocycles. The van der Waals surface area contributed by atoms with Crippen LogP contribution in [0.25, 0.3) is 11.4 Å². The summed E-state index contributed by atoms with van der Waals surface area (Å²) in [5, 5.41) is 2.88. The van der Waals surface area contributed by atoms with Crippen molar-refractivity contribution >= 4 is 22.0 Å². The highest BCUT2D eigenvalue weighted by molar-refractivity contribution is 9.10. The van der Waals surface area contributed by atoms with Crippen molar-refractivity contribution in [2.45, 2.75) is 46.3 Å². The molecule has 0 saturated heterocycles. The lowest BCUT2D eigenvalue weighted by atomic mass is 10.0. The molecule has 2 N–H and O–H groups in total. The van der Waals surface area contributed by atoms with Crippen LogP contribution in [0.5, 0.6) is 0 Å². The Morgan fingerprint density at radius 1 is 1.29 bits per heavy atom. The zero-order valence-corrected chi connectivity index (χ0v) is 16.1. The normalized spacial score (nSPS) is 13.0. The summed E-state index contributed by atoms with van der Waals surface area (Å²) in [5.41, 5.74) is 0.955. The lowest BCUT2D eigenvalue weighted by Gasteiger charge is -2.24. The molecule has 1 atom stereocenters. The Labute approximate surface area is 150 Å². The number of ether oxygens (including phenoxy) is 1. The molecule has 6 nitrogen and oxygen atoms in total. The molecule has 0 fully saturated rings. The van der Waals surface area contributed by atoms with Gasteiger partial charge in [-0.05, 0) is 54.8 Å². The summed E-state index contributed by atoms with van der Waals surface area (Å²) < 4.78 is 6.25. The number of hydrogen-bond acceptors (Lipinski definition) is 4. The van der Waals surface area contributed by atoms with E-state index in [1.54, 1.807) is 12.4 Å². The van der Waals surface area contributed by atoms with Gasteiger partial charge < -0.3 is 15.0 Å². The van der Waals surface area contributed by atoms with Gasteiger partial charge >= 0.3 is 6.09 Å². The first-order valence-corrected chi connectivity index (χ1v) is 8.62. The van der Waals surface area contributed by atoms with Gasteiger partial charge in [-0.15, -0.1) is 0 Å². The number of hydrogen-bond donors (Lipinski definition) is 2. The molecule has 0 aliphatic carbocycles. The highest BCUT2D eigenvalue weighted by Gasteiger charge is 2.25. The van der Waals surface area contributed by atoms with Crippen molar-refractivity contribution in [1.29, 1.82) is 0 Å². The average molecular weight is 395 g/mol. The number of alkyl carbamates (subject to hydrolysis) is 1. The molecular formula is C17H23BrN4O2. The molecule has 7 heteroatoms. The van der Waals surface area contributed by atoms with E-state index in [-0.39, 0.29) is 12.0 Å². The Bertz CT molecular complexity index is 689. The topological polar surface area (TPSA) is 79.9 Å². The van der Waals surface area contributed by atoms with Crippen molar-refractivity contribution in [2.75, 3.05) is 0 Å². The molecule has 0 spiro atoms. The number of carbonyl (C=O) groups excluding carboxylic acids is 1. The number of nitrogens with one attached hydrogen (secondary N) is 2. The summed E-state index contributed by atoms with van der Waals surface area (Å²) in [5.74, 6) is 0.824. The molecule has 130 valence electrons. The van der Waals surface area contributed by atoms with Gasteiger partial charge in [0.25, 0.3) is 0 Å². The van der Waals surface area contributed by atoms with Crippen LogP contribution in [0.4, 0.5) is 4.79 Å². The molecule has 0 radical (unpaired) electrons. The number of carbonyl (C=O) groups is 1. The van der Waals surface area contributed by atoms with Crippen molar-refractivity contribution in [2.24, 2.45) is 5.92 Å². The van der Waals surface area contributed by atoms with E-state index in [4.69, 9.17) is 4.74 Å². The maximum Gasteiger partial charge on any atom is 0.408 e. The predicted molar refractivity (Wildman–Crippen MR) is 96.5 cm³/mol. The van der Waals surface area contributed by atoms with Crippen LogP contribution in [-0.2, 0) is 4.74 Å². The average Bonchev–Trinajstić information content (AvgIpc) is 2.92. The van der Waals surface area contributed by atoms with Gasteiger partial charge in [0.15, 0.2) is 0 Å². The second kappa shape index (κ2) is 7.34. The molecule has 2 heterocycles. The summed E-state index contributed by atoms with van der Waals surface area (Å²) in [4.78, 5) is 24.1. The first kappa shape index (κ1) is 18.4. The smallest absolute Gasteiger partial charge is 0.408 e. The Kier molecular flexibility index (Phi) is 5.64. The SMILES string of the molecule is CC(C)C(NC(=O)OC(C)(C)C)c1nc(-c2ccc(Br)cn2)c[nH]1. The Morgan fingerprint density at radius 3 is 2.54 bits per heavy atom. The van der Waals surface area contributed by atoms with E-state index in [1.165, 1.54) is 0 Å². The number of halogens is 1. The molecule has 24 heavy (non-hydrogen) atoms. The van der Waals surface area contributed by atoms with Crippen LogP contribution in [-0.4, -0.2) is 26.6 Å². The Hall–Kier alpha value is -1.89. The number of nitrogens with zero attached hydrogens (tertiary/aromatic N) is 2. The van der Waals surface area contributed by atoms with Crippen molar-refractivity contribution in [1.82, 2.24) is 20.3 Å². The summed E-state index contributed by atoms with van der Waals surface area (Å²) in [6, 6.07) is 3.52. The molecule has 1 amide bonds. The van der Waals surface area contributed by atoms with Crippen molar-refractivity contribution in [3.8, 4) is 11.4 Å². The second-order valence-corrected chi connectivity index (χ2v) is 7.82. The Balaban J connectivity index is 2.17. The molecule has 1 unspecified atom stereocenters. The van der Waals surface area contributed by atoms with Gasteiger partial charge in [-0.1, -0.05) is 13.8 Å². The largest absolute Gasteiger partial charge is 0.444 e. The lowest BCUT2D eigenvalue weighted by molar-refractivity contribution is 0.0486. The van der Waals surface area contributed by atoms with Gasteiger partial charge in [0, 0.05) is 16.9 Å². The maximum absolute atomic E-state index is 12.1. The van der Waals surface area contributed by atoms with E-state index in [0.717, 1.165) is 15.9 Å². The van der Waals surface area contributed by atoms with E-state index in [2.05, 4.69) is 36.2 Å². The standard InChI is InChI=1S/C17H23BrN4O2/c1-10(2)14(22-16(23)24-17(3,4)5)15-20-9-13(21-15)12-7-6-11(18)8-19-12/h6-10,14H,1-5H3,(H,20,21)(H,22,23). The summed E-state index contributed by atoms with van der Waals surface area (Å²) >= 11 is 3.36. The lowest BCUT2D eigenvalue weighted by Crippen LogP contribution is -2.37. The van der Waals surface area contributed by atoms with Crippen LogP contribution in [0.2, 0.25) is 0 Å². The quantitative estimate of drug-likeness (QED) is 0.801. The molecular weight excluding hydrogens is 372 g/mol. The highest BCUT2D eigenvalue weighted by atomic mass is 79.9. The number of amides is 1. The van der Waals surface area contributed by atoms with Crippen LogP contribution in [0, 0.1) is 5.92 Å². The third kappa shape index (κ3) is 5.06. The van der Waals surface area contributed by atoms with E-state index in [1.807, 2.05) is 46.8 Å². The minimum Gasteiger partial charge on any atom is -0.444 e. The Morgan fingerprint density at radius 2 is 2.00 bits per heavy atom. The number of H-pyrrole nitrogens is 1. The first-order chi connectivity index (χ1) is 11.2. The molecule has 0 bridgehead atoms. The minimum atomic E-state index is -0.540. The second-order valence-electron chi connectivity index (χ2n) is 6.90.